The number of carbonyl (C=O) groups excluding carboxylic acids is 1. The van der Waals surface area contributed by atoms with Crippen LogP contribution in [0.3, 0.4) is 0 Å². The Balaban J connectivity index is 1.71. The van der Waals surface area contributed by atoms with Gasteiger partial charge in [0.1, 0.15) is 5.75 Å². The molecule has 0 radical (unpaired) electrons. The van der Waals surface area contributed by atoms with Crippen molar-refractivity contribution in [3.05, 3.63) is 95.6 Å². The van der Waals surface area contributed by atoms with Crippen LogP contribution in [0.25, 0.3) is 0 Å². The van der Waals surface area contributed by atoms with Crippen LogP contribution in [0.15, 0.2) is 83.8 Å². The van der Waals surface area contributed by atoms with E-state index in [1.807, 2.05) is 24.3 Å². The molecule has 3 aromatic carbocycles. The molecule has 0 aliphatic carbocycles. The molecule has 0 heterocycles. The van der Waals surface area contributed by atoms with Crippen LogP contribution in [0.5, 0.6) is 5.75 Å². The van der Waals surface area contributed by atoms with Gasteiger partial charge >= 0.3 is 0 Å². The normalized spacial score (nSPS) is 11.0. The zero-order chi connectivity index (χ0) is 20.0. The highest BCUT2D eigenvalue weighted by Gasteiger charge is 2.16. The minimum absolute atomic E-state index is 0.162. The van der Waals surface area contributed by atoms with Gasteiger partial charge in [0.2, 0.25) is 0 Å². The van der Waals surface area contributed by atoms with Crippen molar-refractivity contribution in [2.45, 2.75) is 17.2 Å². The quantitative estimate of drug-likeness (QED) is 0.663. The third kappa shape index (κ3) is 4.78. The molecule has 1 amide bonds. The van der Waals surface area contributed by atoms with Crippen LogP contribution in [0.1, 0.15) is 21.5 Å². The molecule has 0 saturated heterocycles. The number of methoxy groups -OCH3 is 1. The maximum absolute atomic E-state index is 12.5. The number of hydrogen-bond donors (Lipinski definition) is 1. The highest BCUT2D eigenvalue weighted by molar-refractivity contribution is 7.90. The maximum atomic E-state index is 12.5. The van der Waals surface area contributed by atoms with E-state index in [0.717, 1.165) is 5.56 Å². The van der Waals surface area contributed by atoms with Crippen LogP contribution in [0.4, 0.5) is 0 Å². The van der Waals surface area contributed by atoms with Gasteiger partial charge in [0, 0.05) is 17.7 Å². The number of amides is 1. The van der Waals surface area contributed by atoms with Gasteiger partial charge in [0.25, 0.3) is 5.91 Å². The molecule has 0 spiro atoms. The van der Waals surface area contributed by atoms with Crippen molar-refractivity contribution in [3.63, 3.8) is 0 Å². The minimum Gasteiger partial charge on any atom is -0.496 e. The summed E-state index contributed by atoms with van der Waals surface area (Å²) < 4.78 is 30.4. The maximum Gasteiger partial charge on any atom is 0.251 e. The smallest absolute Gasteiger partial charge is 0.251 e. The number of rotatable bonds is 7. The largest absolute Gasteiger partial charge is 0.496 e. The topological polar surface area (TPSA) is 72.5 Å². The Bertz CT molecular complexity index is 1060. The number of para-hydroxylation sites is 1. The van der Waals surface area contributed by atoms with Crippen LogP contribution >= 0.6 is 0 Å². The Labute approximate surface area is 164 Å². The second-order valence-corrected chi connectivity index (χ2v) is 8.26. The van der Waals surface area contributed by atoms with E-state index in [4.69, 9.17) is 4.74 Å². The van der Waals surface area contributed by atoms with Crippen LogP contribution in [-0.4, -0.2) is 21.4 Å². The highest BCUT2D eigenvalue weighted by atomic mass is 32.2. The molecule has 0 aliphatic heterocycles. The lowest BCUT2D eigenvalue weighted by molar-refractivity contribution is 0.0950. The lowest BCUT2D eigenvalue weighted by Crippen LogP contribution is -2.23. The van der Waals surface area contributed by atoms with Crippen LogP contribution in [-0.2, 0) is 22.1 Å². The molecule has 0 fully saturated rings. The van der Waals surface area contributed by atoms with E-state index in [0.29, 0.717) is 23.4 Å². The number of nitrogens with one attached hydrogen (secondary N) is 1. The molecule has 0 atom stereocenters. The molecular formula is C22H21NO4S. The Hall–Kier alpha value is -3.12. The first kappa shape index (κ1) is 19.6. The summed E-state index contributed by atoms with van der Waals surface area (Å²) in [6.07, 6.45) is 0. The summed E-state index contributed by atoms with van der Waals surface area (Å²) in [5, 5.41) is 2.84. The van der Waals surface area contributed by atoms with E-state index in [2.05, 4.69) is 5.32 Å². The van der Waals surface area contributed by atoms with E-state index in [1.54, 1.807) is 61.7 Å². The lowest BCUT2D eigenvalue weighted by atomic mass is 10.1. The van der Waals surface area contributed by atoms with Gasteiger partial charge in [-0.25, -0.2) is 8.42 Å². The first-order valence-corrected chi connectivity index (χ1v) is 10.4. The lowest BCUT2D eigenvalue weighted by Gasteiger charge is -2.10. The molecule has 0 aromatic heterocycles. The molecule has 0 aliphatic rings. The van der Waals surface area contributed by atoms with E-state index >= 15 is 0 Å². The number of hydrogen-bond acceptors (Lipinski definition) is 4. The van der Waals surface area contributed by atoms with Gasteiger partial charge < -0.3 is 10.1 Å². The van der Waals surface area contributed by atoms with Crippen molar-refractivity contribution < 1.29 is 17.9 Å². The van der Waals surface area contributed by atoms with Gasteiger partial charge in [-0.15, -0.1) is 0 Å². The van der Waals surface area contributed by atoms with E-state index < -0.39 is 9.84 Å². The van der Waals surface area contributed by atoms with Crippen LogP contribution in [0.2, 0.25) is 0 Å². The SMILES string of the molecule is COc1ccccc1CNC(=O)c1cccc(CS(=O)(=O)c2ccccc2)c1. The molecule has 0 saturated carbocycles. The average Bonchev–Trinajstić information content (AvgIpc) is 2.72. The van der Waals surface area contributed by atoms with E-state index in [-0.39, 0.29) is 16.6 Å². The predicted octanol–water partition coefficient (Wildman–Crippen LogP) is 3.60. The van der Waals surface area contributed by atoms with Crippen molar-refractivity contribution in [1.29, 1.82) is 0 Å². The number of benzene rings is 3. The second kappa shape index (κ2) is 8.71. The number of carbonyl (C=O) groups is 1. The monoisotopic (exact) mass is 395 g/mol. The number of sulfone groups is 1. The van der Waals surface area contributed by atoms with Gasteiger partial charge in [0.15, 0.2) is 9.84 Å². The molecule has 0 unspecified atom stereocenters. The molecule has 1 N–H and O–H groups in total. The van der Waals surface area contributed by atoms with Gasteiger partial charge in [-0.2, -0.15) is 0 Å². The summed E-state index contributed by atoms with van der Waals surface area (Å²) in [7, 11) is -1.89. The van der Waals surface area contributed by atoms with E-state index in [1.165, 1.54) is 0 Å². The molecule has 3 aromatic rings. The highest BCUT2D eigenvalue weighted by Crippen LogP contribution is 2.18. The molecule has 6 heteroatoms. The van der Waals surface area contributed by atoms with E-state index in [9.17, 15) is 13.2 Å². The first-order chi connectivity index (χ1) is 13.5. The fourth-order valence-electron chi connectivity index (χ4n) is 2.86. The predicted molar refractivity (Wildman–Crippen MR) is 108 cm³/mol. The van der Waals surface area contributed by atoms with Crippen LogP contribution < -0.4 is 10.1 Å². The Morgan fingerprint density at radius 2 is 1.64 bits per heavy atom. The van der Waals surface area contributed by atoms with Crippen molar-refractivity contribution >= 4 is 15.7 Å². The van der Waals surface area contributed by atoms with Gasteiger partial charge in [0.05, 0.1) is 17.8 Å². The van der Waals surface area contributed by atoms with Crippen molar-refractivity contribution in [3.8, 4) is 5.75 Å². The summed E-state index contributed by atoms with van der Waals surface area (Å²) >= 11 is 0. The molecule has 3 rings (SSSR count). The average molecular weight is 395 g/mol. The summed E-state index contributed by atoms with van der Waals surface area (Å²) in [4.78, 5) is 12.8. The summed E-state index contributed by atoms with van der Waals surface area (Å²) in [6, 6.07) is 22.4. The Morgan fingerprint density at radius 3 is 2.39 bits per heavy atom. The third-order valence-electron chi connectivity index (χ3n) is 4.28. The Morgan fingerprint density at radius 1 is 0.929 bits per heavy atom. The van der Waals surface area contributed by atoms with Gasteiger partial charge in [-0.3, -0.25) is 4.79 Å². The van der Waals surface area contributed by atoms with Gasteiger partial charge in [-0.1, -0.05) is 48.5 Å². The second-order valence-electron chi connectivity index (χ2n) is 6.27. The number of ether oxygens (including phenoxy) is 1. The van der Waals surface area contributed by atoms with Crippen molar-refractivity contribution in [1.82, 2.24) is 5.32 Å². The summed E-state index contributed by atoms with van der Waals surface area (Å²) in [5.41, 5.74) is 1.84. The molecule has 0 bridgehead atoms. The van der Waals surface area contributed by atoms with Crippen molar-refractivity contribution in [2.24, 2.45) is 0 Å². The molecule has 28 heavy (non-hydrogen) atoms. The molecular weight excluding hydrogens is 374 g/mol. The van der Waals surface area contributed by atoms with Crippen LogP contribution in [0, 0.1) is 0 Å². The standard InChI is InChI=1S/C22H21NO4S/c1-27-21-13-6-5-9-19(21)15-23-22(24)18-10-7-8-17(14-18)16-28(25,26)20-11-3-2-4-12-20/h2-14H,15-16H2,1H3,(H,23,24). The summed E-state index contributed by atoms with van der Waals surface area (Å²) in [5.74, 6) is 0.264. The molecule has 5 nitrogen and oxygen atoms in total. The zero-order valence-electron chi connectivity index (χ0n) is 15.5. The minimum atomic E-state index is -3.47. The molecule has 144 valence electrons. The fourth-order valence-corrected chi connectivity index (χ4v) is 4.22. The summed E-state index contributed by atoms with van der Waals surface area (Å²) in [6.45, 7) is 0.315. The van der Waals surface area contributed by atoms with Crippen molar-refractivity contribution in [2.75, 3.05) is 7.11 Å². The van der Waals surface area contributed by atoms with Gasteiger partial charge in [-0.05, 0) is 35.9 Å². The Kier molecular flexibility index (Phi) is 6.11. The third-order valence-corrected chi connectivity index (χ3v) is 5.98. The zero-order valence-corrected chi connectivity index (χ0v) is 16.3. The fraction of sp³-hybridized carbons (Fsp3) is 0.136. The first-order valence-electron chi connectivity index (χ1n) is 8.76.